The SMILES string of the molecule is CC(CSC(C)(C)C(=O)O)C(N)=O. The zero-order chi connectivity index (χ0) is 10.6. The summed E-state index contributed by atoms with van der Waals surface area (Å²) in [7, 11) is 0. The summed E-state index contributed by atoms with van der Waals surface area (Å²) in [6, 6.07) is 0. The van der Waals surface area contributed by atoms with E-state index in [1.54, 1.807) is 20.8 Å². The lowest BCUT2D eigenvalue weighted by atomic mass is 10.2. The number of nitrogens with two attached hydrogens (primary N) is 1. The number of thioether (sulfide) groups is 1. The number of rotatable bonds is 5. The molecule has 1 unspecified atom stereocenters. The van der Waals surface area contributed by atoms with Crippen molar-refractivity contribution < 1.29 is 14.7 Å². The average molecular weight is 205 g/mol. The van der Waals surface area contributed by atoms with Crippen LogP contribution >= 0.6 is 11.8 Å². The van der Waals surface area contributed by atoms with Crippen LogP contribution in [0.25, 0.3) is 0 Å². The standard InChI is InChI=1S/C8H15NO3S/c1-5(6(9)10)4-13-8(2,3)7(11)12/h5H,4H2,1-3H3,(H2,9,10)(H,11,12). The first-order valence-corrected chi connectivity index (χ1v) is 4.92. The molecule has 0 heterocycles. The van der Waals surface area contributed by atoms with Gasteiger partial charge in [0.1, 0.15) is 4.75 Å². The smallest absolute Gasteiger partial charge is 0.319 e. The van der Waals surface area contributed by atoms with Crippen molar-refractivity contribution in [3.8, 4) is 0 Å². The molecule has 0 spiro atoms. The third kappa shape index (κ3) is 4.17. The van der Waals surface area contributed by atoms with Crippen LogP contribution in [0.4, 0.5) is 0 Å². The van der Waals surface area contributed by atoms with Crippen LogP contribution in [0, 0.1) is 5.92 Å². The second-order valence-electron chi connectivity index (χ2n) is 3.43. The Morgan fingerprint density at radius 1 is 1.54 bits per heavy atom. The van der Waals surface area contributed by atoms with Gasteiger partial charge < -0.3 is 10.8 Å². The Labute approximate surface area is 81.9 Å². The molecule has 0 aromatic carbocycles. The predicted octanol–water partition coefficient (Wildman–Crippen LogP) is 0.704. The first-order chi connectivity index (χ1) is 5.77. The van der Waals surface area contributed by atoms with E-state index in [-0.39, 0.29) is 5.92 Å². The highest BCUT2D eigenvalue weighted by molar-refractivity contribution is 8.01. The number of hydrogen-bond donors (Lipinski definition) is 2. The van der Waals surface area contributed by atoms with Crippen LogP contribution in [0.1, 0.15) is 20.8 Å². The summed E-state index contributed by atoms with van der Waals surface area (Å²) in [4.78, 5) is 21.3. The van der Waals surface area contributed by atoms with Gasteiger partial charge in [0.25, 0.3) is 0 Å². The van der Waals surface area contributed by atoms with Crippen molar-refractivity contribution in [1.29, 1.82) is 0 Å². The number of carboxylic acid groups (broad SMARTS) is 1. The molecular formula is C8H15NO3S. The van der Waals surface area contributed by atoms with E-state index < -0.39 is 16.6 Å². The Morgan fingerprint density at radius 3 is 2.31 bits per heavy atom. The fourth-order valence-corrected chi connectivity index (χ4v) is 1.43. The van der Waals surface area contributed by atoms with Crippen molar-refractivity contribution in [3.63, 3.8) is 0 Å². The van der Waals surface area contributed by atoms with Gasteiger partial charge in [-0.3, -0.25) is 9.59 Å². The molecule has 0 saturated carbocycles. The molecule has 0 bridgehead atoms. The maximum atomic E-state index is 10.7. The fourth-order valence-electron chi connectivity index (χ4n) is 0.477. The Balaban J connectivity index is 4.02. The topological polar surface area (TPSA) is 80.4 Å². The molecule has 0 aliphatic heterocycles. The highest BCUT2D eigenvalue weighted by Crippen LogP contribution is 2.26. The number of carbonyl (C=O) groups excluding carboxylic acids is 1. The first kappa shape index (κ1) is 12.3. The largest absolute Gasteiger partial charge is 0.480 e. The van der Waals surface area contributed by atoms with Crippen LogP contribution in [-0.2, 0) is 9.59 Å². The van der Waals surface area contributed by atoms with Crippen molar-refractivity contribution >= 4 is 23.6 Å². The number of carboxylic acids is 1. The molecular weight excluding hydrogens is 190 g/mol. The summed E-state index contributed by atoms with van der Waals surface area (Å²) < 4.78 is -0.857. The number of carbonyl (C=O) groups is 2. The Bertz CT molecular complexity index is 215. The van der Waals surface area contributed by atoms with Crippen LogP contribution in [0.2, 0.25) is 0 Å². The van der Waals surface area contributed by atoms with Gasteiger partial charge in [-0.25, -0.2) is 0 Å². The molecule has 5 heteroatoms. The maximum absolute atomic E-state index is 10.7. The number of aliphatic carboxylic acids is 1. The van der Waals surface area contributed by atoms with E-state index in [9.17, 15) is 9.59 Å². The van der Waals surface area contributed by atoms with Crippen LogP contribution in [0.15, 0.2) is 0 Å². The van der Waals surface area contributed by atoms with Crippen molar-refractivity contribution in [3.05, 3.63) is 0 Å². The normalized spacial score (nSPS) is 13.8. The first-order valence-electron chi connectivity index (χ1n) is 3.94. The average Bonchev–Trinajstić information content (AvgIpc) is 1.99. The van der Waals surface area contributed by atoms with E-state index in [2.05, 4.69) is 0 Å². The highest BCUT2D eigenvalue weighted by Gasteiger charge is 2.28. The monoisotopic (exact) mass is 205 g/mol. The van der Waals surface area contributed by atoms with E-state index in [0.717, 1.165) is 0 Å². The minimum atomic E-state index is -0.880. The third-order valence-corrected chi connectivity index (χ3v) is 3.26. The van der Waals surface area contributed by atoms with Crippen LogP contribution < -0.4 is 5.73 Å². The molecule has 0 radical (unpaired) electrons. The van der Waals surface area contributed by atoms with E-state index >= 15 is 0 Å². The number of hydrogen-bond acceptors (Lipinski definition) is 3. The Hall–Kier alpha value is -0.710. The van der Waals surface area contributed by atoms with Gasteiger partial charge in [-0.05, 0) is 13.8 Å². The molecule has 4 nitrogen and oxygen atoms in total. The van der Waals surface area contributed by atoms with Crippen LogP contribution in [0.3, 0.4) is 0 Å². The molecule has 1 amide bonds. The Morgan fingerprint density at radius 2 is 2.00 bits per heavy atom. The molecule has 13 heavy (non-hydrogen) atoms. The third-order valence-electron chi connectivity index (χ3n) is 1.69. The van der Waals surface area contributed by atoms with E-state index in [1.165, 1.54) is 11.8 Å². The van der Waals surface area contributed by atoms with Crippen LogP contribution in [0.5, 0.6) is 0 Å². The zero-order valence-electron chi connectivity index (χ0n) is 8.03. The molecule has 1 atom stereocenters. The summed E-state index contributed by atoms with van der Waals surface area (Å²) in [5.41, 5.74) is 5.04. The lowest BCUT2D eigenvalue weighted by molar-refractivity contribution is -0.139. The van der Waals surface area contributed by atoms with Gasteiger partial charge in [0.15, 0.2) is 0 Å². The van der Waals surface area contributed by atoms with Gasteiger partial charge in [-0.1, -0.05) is 6.92 Å². The number of primary amides is 1. The van der Waals surface area contributed by atoms with E-state index in [1.807, 2.05) is 0 Å². The minimum Gasteiger partial charge on any atom is -0.480 e. The van der Waals surface area contributed by atoms with Crippen molar-refractivity contribution in [2.45, 2.75) is 25.5 Å². The lowest BCUT2D eigenvalue weighted by Crippen LogP contribution is -2.30. The molecule has 0 fully saturated rings. The van der Waals surface area contributed by atoms with Crippen LogP contribution in [-0.4, -0.2) is 27.5 Å². The molecule has 0 saturated heterocycles. The van der Waals surface area contributed by atoms with Gasteiger partial charge in [0, 0.05) is 11.7 Å². The summed E-state index contributed by atoms with van der Waals surface area (Å²) in [6.07, 6.45) is 0. The van der Waals surface area contributed by atoms with Crippen molar-refractivity contribution in [2.75, 3.05) is 5.75 Å². The molecule has 0 rings (SSSR count). The predicted molar refractivity (Wildman–Crippen MR) is 52.5 cm³/mol. The van der Waals surface area contributed by atoms with Gasteiger partial charge >= 0.3 is 5.97 Å². The zero-order valence-corrected chi connectivity index (χ0v) is 8.85. The molecule has 0 aromatic heterocycles. The number of amides is 1. The molecule has 76 valence electrons. The summed E-state index contributed by atoms with van der Waals surface area (Å²) in [6.45, 7) is 4.90. The van der Waals surface area contributed by atoms with Gasteiger partial charge in [0.05, 0.1) is 0 Å². The maximum Gasteiger partial charge on any atom is 0.319 e. The quantitative estimate of drug-likeness (QED) is 0.692. The van der Waals surface area contributed by atoms with Crippen molar-refractivity contribution in [1.82, 2.24) is 0 Å². The highest BCUT2D eigenvalue weighted by atomic mass is 32.2. The minimum absolute atomic E-state index is 0.288. The Kier molecular flexibility index (Phi) is 4.26. The van der Waals surface area contributed by atoms with Gasteiger partial charge in [-0.15, -0.1) is 11.8 Å². The second kappa shape index (κ2) is 4.50. The fraction of sp³-hybridized carbons (Fsp3) is 0.750. The van der Waals surface area contributed by atoms with Crippen molar-refractivity contribution in [2.24, 2.45) is 11.7 Å². The lowest BCUT2D eigenvalue weighted by Gasteiger charge is -2.19. The summed E-state index contributed by atoms with van der Waals surface area (Å²) in [5.74, 6) is -1.12. The summed E-state index contributed by atoms with van der Waals surface area (Å²) >= 11 is 1.22. The van der Waals surface area contributed by atoms with Gasteiger partial charge in [0.2, 0.25) is 5.91 Å². The molecule has 0 aliphatic rings. The van der Waals surface area contributed by atoms with E-state index in [0.29, 0.717) is 5.75 Å². The molecule has 3 N–H and O–H groups in total. The summed E-state index contributed by atoms with van der Waals surface area (Å²) in [5, 5.41) is 8.76. The second-order valence-corrected chi connectivity index (χ2v) is 5.07. The molecule has 0 aromatic rings. The van der Waals surface area contributed by atoms with Gasteiger partial charge in [-0.2, -0.15) is 0 Å². The van der Waals surface area contributed by atoms with E-state index in [4.69, 9.17) is 10.8 Å². The molecule has 0 aliphatic carbocycles.